The zero-order chi connectivity index (χ0) is 22.2. The molecule has 0 saturated heterocycles. The van der Waals surface area contributed by atoms with Gasteiger partial charge in [-0.25, -0.2) is 4.79 Å². The lowest BCUT2D eigenvalue weighted by atomic mass is 9.80. The molecule has 0 saturated carbocycles. The van der Waals surface area contributed by atoms with Gasteiger partial charge >= 0.3 is 5.97 Å². The Morgan fingerprint density at radius 3 is 2.26 bits per heavy atom. The topological polar surface area (TPSA) is 45.7 Å². The van der Waals surface area contributed by atoms with E-state index in [9.17, 15) is 4.79 Å². The number of esters is 1. The molecule has 4 rings (SSSR count). The molecule has 6 heteroatoms. The van der Waals surface area contributed by atoms with Gasteiger partial charge in [-0.05, 0) is 44.2 Å². The Kier molecular flexibility index (Phi) is 5.63. The Hall–Kier alpha value is -3.05. The number of halogens is 1. The molecule has 1 aromatic heterocycles. The first kappa shape index (κ1) is 21.2. The SMILES string of the molecule is CCN(CC)c1ccc(C2(c3ccc(N(C)C)cc3)OC(=O)c3cnccc32)c(Cl)c1. The predicted octanol–water partition coefficient (Wildman–Crippen LogP) is 5.11. The smallest absolute Gasteiger partial charge is 0.341 e. The molecule has 3 aromatic rings. The van der Waals surface area contributed by atoms with Crippen molar-refractivity contribution in [3.63, 3.8) is 0 Å². The number of carbonyl (C=O) groups excluding carboxylic acids is 1. The second-order valence-corrected chi connectivity index (χ2v) is 8.18. The van der Waals surface area contributed by atoms with Crippen LogP contribution < -0.4 is 9.80 Å². The van der Waals surface area contributed by atoms with E-state index >= 15 is 0 Å². The number of benzene rings is 2. The first-order chi connectivity index (χ1) is 14.9. The van der Waals surface area contributed by atoms with Gasteiger partial charge in [0, 0.05) is 67.6 Å². The van der Waals surface area contributed by atoms with E-state index in [2.05, 4.69) is 23.7 Å². The van der Waals surface area contributed by atoms with Crippen molar-refractivity contribution < 1.29 is 9.53 Å². The first-order valence-corrected chi connectivity index (χ1v) is 10.8. The highest BCUT2D eigenvalue weighted by Crippen LogP contribution is 2.49. The van der Waals surface area contributed by atoms with E-state index in [-0.39, 0.29) is 0 Å². The molecule has 0 amide bonds. The number of rotatable bonds is 6. The van der Waals surface area contributed by atoms with Gasteiger partial charge in [-0.15, -0.1) is 0 Å². The summed E-state index contributed by atoms with van der Waals surface area (Å²) in [5.74, 6) is -0.399. The van der Waals surface area contributed by atoms with Crippen LogP contribution in [0.15, 0.2) is 60.9 Å². The van der Waals surface area contributed by atoms with Crippen molar-refractivity contribution in [3.05, 3.63) is 88.2 Å². The summed E-state index contributed by atoms with van der Waals surface area (Å²) in [6.45, 7) is 5.99. The lowest BCUT2D eigenvalue weighted by molar-refractivity contribution is 0.0252. The quantitative estimate of drug-likeness (QED) is 0.503. The minimum absolute atomic E-state index is 0.399. The van der Waals surface area contributed by atoms with Crippen LogP contribution in [0.25, 0.3) is 0 Å². The van der Waals surface area contributed by atoms with E-state index in [1.54, 1.807) is 12.4 Å². The van der Waals surface area contributed by atoms with Crippen LogP contribution in [0, 0.1) is 0 Å². The van der Waals surface area contributed by atoms with Crippen LogP contribution in [-0.4, -0.2) is 38.1 Å². The van der Waals surface area contributed by atoms with Crippen molar-refractivity contribution in [2.24, 2.45) is 0 Å². The van der Waals surface area contributed by atoms with Gasteiger partial charge in [0.25, 0.3) is 0 Å². The van der Waals surface area contributed by atoms with Gasteiger partial charge in [-0.2, -0.15) is 0 Å². The van der Waals surface area contributed by atoms with Gasteiger partial charge in [0.1, 0.15) is 0 Å². The molecule has 0 aliphatic carbocycles. The second-order valence-electron chi connectivity index (χ2n) is 7.77. The average molecular weight is 436 g/mol. The summed E-state index contributed by atoms with van der Waals surface area (Å²) in [7, 11) is 3.98. The zero-order valence-electron chi connectivity index (χ0n) is 18.2. The van der Waals surface area contributed by atoms with Crippen molar-refractivity contribution in [2.75, 3.05) is 37.0 Å². The summed E-state index contributed by atoms with van der Waals surface area (Å²) in [6.07, 6.45) is 3.24. The van der Waals surface area contributed by atoms with E-state index < -0.39 is 11.6 Å². The highest BCUT2D eigenvalue weighted by atomic mass is 35.5. The number of hydrogen-bond donors (Lipinski definition) is 0. The third-order valence-corrected chi connectivity index (χ3v) is 6.23. The maximum atomic E-state index is 12.9. The van der Waals surface area contributed by atoms with Crippen LogP contribution >= 0.6 is 11.6 Å². The monoisotopic (exact) mass is 435 g/mol. The summed E-state index contributed by atoms with van der Waals surface area (Å²) < 4.78 is 6.14. The van der Waals surface area contributed by atoms with Crippen LogP contribution in [0.3, 0.4) is 0 Å². The summed E-state index contributed by atoms with van der Waals surface area (Å²) in [5, 5.41) is 0.554. The number of carbonyl (C=O) groups is 1. The van der Waals surface area contributed by atoms with E-state index in [0.717, 1.165) is 41.2 Å². The molecular formula is C25H26ClN3O2. The lowest BCUT2D eigenvalue weighted by Gasteiger charge is -2.32. The van der Waals surface area contributed by atoms with E-state index in [1.807, 2.05) is 67.5 Å². The third-order valence-electron chi connectivity index (χ3n) is 5.92. The Bertz CT molecular complexity index is 1110. The van der Waals surface area contributed by atoms with Crippen molar-refractivity contribution in [3.8, 4) is 0 Å². The summed E-state index contributed by atoms with van der Waals surface area (Å²) in [5.41, 5.74) is 3.76. The van der Waals surface area contributed by atoms with E-state index in [4.69, 9.17) is 16.3 Å². The number of pyridine rings is 1. The van der Waals surface area contributed by atoms with E-state index in [1.165, 1.54) is 0 Å². The van der Waals surface area contributed by atoms with Gasteiger partial charge in [-0.1, -0.05) is 29.8 Å². The zero-order valence-corrected chi connectivity index (χ0v) is 19.0. The van der Waals surface area contributed by atoms with Crippen molar-refractivity contribution in [1.82, 2.24) is 4.98 Å². The normalized spacial score (nSPS) is 17.3. The van der Waals surface area contributed by atoms with Crippen molar-refractivity contribution in [1.29, 1.82) is 0 Å². The van der Waals surface area contributed by atoms with Gasteiger partial charge < -0.3 is 14.5 Å². The minimum atomic E-state index is -1.13. The molecule has 1 aliphatic rings. The predicted molar refractivity (Wildman–Crippen MR) is 125 cm³/mol. The molecule has 0 spiro atoms. The van der Waals surface area contributed by atoms with Crippen molar-refractivity contribution >= 4 is 28.9 Å². The molecule has 1 aliphatic heterocycles. The van der Waals surface area contributed by atoms with Crippen LogP contribution in [0.4, 0.5) is 11.4 Å². The molecule has 0 fully saturated rings. The lowest BCUT2D eigenvalue weighted by Crippen LogP contribution is -2.30. The average Bonchev–Trinajstić information content (AvgIpc) is 3.08. The highest BCUT2D eigenvalue weighted by Gasteiger charge is 2.49. The van der Waals surface area contributed by atoms with Crippen molar-refractivity contribution in [2.45, 2.75) is 19.4 Å². The fourth-order valence-corrected chi connectivity index (χ4v) is 4.56. The van der Waals surface area contributed by atoms with Crippen LogP contribution in [-0.2, 0) is 10.3 Å². The molecule has 5 nitrogen and oxygen atoms in total. The maximum absolute atomic E-state index is 12.9. The van der Waals surface area contributed by atoms with Gasteiger partial charge in [0.2, 0.25) is 0 Å². The maximum Gasteiger partial charge on any atom is 0.341 e. The molecule has 2 heterocycles. The third kappa shape index (κ3) is 3.43. The van der Waals surface area contributed by atoms with Gasteiger partial charge in [0.15, 0.2) is 5.60 Å². The minimum Gasteiger partial charge on any atom is -0.440 e. The summed E-state index contributed by atoms with van der Waals surface area (Å²) in [4.78, 5) is 21.2. The highest BCUT2D eigenvalue weighted by molar-refractivity contribution is 6.32. The Balaban J connectivity index is 1.94. The number of aromatic nitrogens is 1. The Labute approximate surface area is 188 Å². The number of anilines is 2. The van der Waals surface area contributed by atoms with Gasteiger partial charge in [0.05, 0.1) is 10.6 Å². The van der Waals surface area contributed by atoms with Gasteiger partial charge in [-0.3, -0.25) is 4.98 Å². The first-order valence-electron chi connectivity index (χ1n) is 10.4. The molecule has 1 unspecified atom stereocenters. The number of fused-ring (bicyclic) bond motifs is 1. The fraction of sp³-hybridized carbons (Fsp3) is 0.280. The molecule has 160 valence electrons. The molecule has 0 radical (unpaired) electrons. The Morgan fingerprint density at radius 2 is 1.65 bits per heavy atom. The number of nitrogens with zero attached hydrogens (tertiary/aromatic N) is 3. The summed E-state index contributed by atoms with van der Waals surface area (Å²) >= 11 is 6.86. The molecule has 0 N–H and O–H groups in total. The van der Waals surface area contributed by atoms with Crippen LogP contribution in [0.2, 0.25) is 5.02 Å². The molecule has 31 heavy (non-hydrogen) atoms. The second kappa shape index (κ2) is 8.23. The standard InChI is InChI=1S/C25H26ClN3O2/c1-5-29(6-2)19-11-12-22(23(26)15-19)25(17-7-9-18(10-8-17)28(3)4)21-13-14-27-16-20(21)24(30)31-25/h7-16H,5-6H2,1-4H3. The summed E-state index contributed by atoms with van der Waals surface area (Å²) in [6, 6.07) is 15.8. The number of ether oxygens (including phenoxy) is 1. The van der Waals surface area contributed by atoms with Crippen LogP contribution in [0.1, 0.15) is 40.9 Å². The number of cyclic esters (lactones) is 1. The fourth-order valence-electron chi connectivity index (χ4n) is 4.25. The molecule has 1 atom stereocenters. The van der Waals surface area contributed by atoms with E-state index in [0.29, 0.717) is 10.6 Å². The molecule has 0 bridgehead atoms. The van der Waals surface area contributed by atoms with Crippen LogP contribution in [0.5, 0.6) is 0 Å². The Morgan fingerprint density at radius 1 is 0.968 bits per heavy atom. The largest absolute Gasteiger partial charge is 0.440 e. The molecular weight excluding hydrogens is 410 g/mol. The molecule has 2 aromatic carbocycles. The number of hydrogen-bond acceptors (Lipinski definition) is 5.